The molecule has 0 unspecified atom stereocenters. The highest BCUT2D eigenvalue weighted by molar-refractivity contribution is 5.81. The van der Waals surface area contributed by atoms with Crippen LogP contribution in [-0.2, 0) is 4.79 Å². The smallest absolute Gasteiger partial charge is 0.405 e. The van der Waals surface area contributed by atoms with Gasteiger partial charge in [0.05, 0.1) is 7.11 Å². The lowest BCUT2D eigenvalue weighted by Crippen LogP contribution is -2.41. The number of hydrogen-bond acceptors (Lipinski definition) is 4. The molecule has 0 bridgehead atoms. The zero-order chi connectivity index (χ0) is 16.0. The second-order valence-electron chi connectivity index (χ2n) is 4.12. The van der Waals surface area contributed by atoms with Crippen molar-refractivity contribution in [3.8, 4) is 11.5 Å². The predicted molar refractivity (Wildman–Crippen MR) is 67.5 cm³/mol. The highest BCUT2D eigenvalue weighted by Crippen LogP contribution is 2.28. The van der Waals surface area contributed by atoms with Crippen LogP contribution in [0.15, 0.2) is 18.2 Å². The van der Waals surface area contributed by atoms with Crippen molar-refractivity contribution in [2.24, 2.45) is 0 Å². The Balaban J connectivity index is 2.72. The number of halogens is 3. The predicted octanol–water partition coefficient (Wildman–Crippen LogP) is 1.95. The topological polar surface area (TPSA) is 64.6 Å². The lowest BCUT2D eigenvalue weighted by atomic mass is 10.2. The van der Waals surface area contributed by atoms with E-state index >= 15 is 0 Å². The molecule has 0 saturated carbocycles. The van der Waals surface area contributed by atoms with Gasteiger partial charge in [-0.3, -0.25) is 9.59 Å². The van der Waals surface area contributed by atoms with Crippen molar-refractivity contribution in [3.05, 3.63) is 23.8 Å². The van der Waals surface area contributed by atoms with Crippen LogP contribution in [-0.4, -0.2) is 38.1 Å². The number of alkyl halides is 3. The third-order valence-electron chi connectivity index (χ3n) is 2.46. The number of ether oxygens (including phenoxy) is 2. The second kappa shape index (κ2) is 6.96. The number of amides is 1. The lowest BCUT2D eigenvalue weighted by molar-refractivity contribution is -0.142. The normalized spacial score (nSPS) is 12.4. The van der Waals surface area contributed by atoms with Crippen LogP contribution in [0.1, 0.15) is 17.3 Å². The zero-order valence-electron chi connectivity index (χ0n) is 11.4. The summed E-state index contributed by atoms with van der Waals surface area (Å²) in [4.78, 5) is 22.1. The van der Waals surface area contributed by atoms with Crippen LogP contribution >= 0.6 is 0 Å². The first kappa shape index (κ1) is 16.8. The van der Waals surface area contributed by atoms with Crippen LogP contribution in [0.5, 0.6) is 11.5 Å². The highest BCUT2D eigenvalue weighted by Gasteiger charge is 2.29. The van der Waals surface area contributed by atoms with Crippen molar-refractivity contribution in [2.75, 3.05) is 13.7 Å². The molecule has 1 aromatic carbocycles. The first-order valence-corrected chi connectivity index (χ1v) is 5.91. The summed E-state index contributed by atoms with van der Waals surface area (Å²) in [6, 6.07) is 4.23. The van der Waals surface area contributed by atoms with Crippen molar-refractivity contribution in [2.45, 2.75) is 19.2 Å². The van der Waals surface area contributed by atoms with Gasteiger partial charge in [-0.15, -0.1) is 0 Å². The van der Waals surface area contributed by atoms with Gasteiger partial charge >= 0.3 is 6.18 Å². The van der Waals surface area contributed by atoms with E-state index in [1.807, 2.05) is 0 Å². The van der Waals surface area contributed by atoms with Gasteiger partial charge in [-0.05, 0) is 25.1 Å². The number of carbonyl (C=O) groups is 2. The molecule has 1 amide bonds. The van der Waals surface area contributed by atoms with E-state index in [0.29, 0.717) is 11.8 Å². The molecule has 1 rings (SSSR count). The van der Waals surface area contributed by atoms with Gasteiger partial charge in [0, 0.05) is 5.56 Å². The first-order valence-electron chi connectivity index (χ1n) is 5.91. The standard InChI is InChI=1S/C13H14F3NO4/c1-8(12(19)17-7-13(14,15)16)21-10-4-3-9(6-18)5-11(10)20-2/h3-6,8H,7H2,1-2H3,(H,17,19)/t8-/m0/s1. The molecular formula is C13H14F3NO4. The summed E-state index contributed by atoms with van der Waals surface area (Å²) >= 11 is 0. The molecule has 1 aromatic rings. The van der Waals surface area contributed by atoms with E-state index in [1.54, 1.807) is 5.32 Å². The Kier molecular flexibility index (Phi) is 5.57. The summed E-state index contributed by atoms with van der Waals surface area (Å²) in [5.74, 6) is -0.554. The van der Waals surface area contributed by atoms with E-state index in [4.69, 9.17) is 9.47 Å². The van der Waals surface area contributed by atoms with Gasteiger partial charge in [0.1, 0.15) is 12.8 Å². The van der Waals surface area contributed by atoms with Crippen LogP contribution in [0.3, 0.4) is 0 Å². The van der Waals surface area contributed by atoms with Gasteiger partial charge in [0.15, 0.2) is 17.6 Å². The van der Waals surface area contributed by atoms with Crippen molar-refractivity contribution in [1.29, 1.82) is 0 Å². The maximum Gasteiger partial charge on any atom is 0.405 e. The number of hydrogen-bond donors (Lipinski definition) is 1. The Labute approximate surface area is 119 Å². The third-order valence-corrected chi connectivity index (χ3v) is 2.46. The highest BCUT2D eigenvalue weighted by atomic mass is 19.4. The Bertz CT molecular complexity index is 517. The number of nitrogens with one attached hydrogen (secondary N) is 1. The van der Waals surface area contributed by atoms with E-state index in [9.17, 15) is 22.8 Å². The average Bonchev–Trinajstić information content (AvgIpc) is 2.44. The Morgan fingerprint density at radius 1 is 1.38 bits per heavy atom. The fourth-order valence-corrected chi connectivity index (χ4v) is 1.43. The van der Waals surface area contributed by atoms with E-state index < -0.39 is 24.7 Å². The maximum atomic E-state index is 12.0. The minimum atomic E-state index is -4.49. The zero-order valence-corrected chi connectivity index (χ0v) is 11.4. The Hall–Kier alpha value is -2.25. The average molecular weight is 305 g/mol. The summed E-state index contributed by atoms with van der Waals surface area (Å²) in [5.41, 5.74) is 0.341. The number of benzene rings is 1. The van der Waals surface area contributed by atoms with E-state index in [2.05, 4.69) is 0 Å². The van der Waals surface area contributed by atoms with Crippen LogP contribution in [0.4, 0.5) is 13.2 Å². The van der Waals surface area contributed by atoms with Gasteiger partial charge < -0.3 is 14.8 Å². The molecule has 0 fully saturated rings. The summed E-state index contributed by atoms with van der Waals surface area (Å²) < 4.78 is 46.2. The van der Waals surface area contributed by atoms with Crippen LogP contribution in [0, 0.1) is 0 Å². The molecule has 1 N–H and O–H groups in total. The molecular weight excluding hydrogens is 291 g/mol. The lowest BCUT2D eigenvalue weighted by Gasteiger charge is -2.17. The van der Waals surface area contributed by atoms with Gasteiger partial charge in [-0.1, -0.05) is 0 Å². The first-order chi connectivity index (χ1) is 9.76. The second-order valence-corrected chi connectivity index (χ2v) is 4.12. The quantitative estimate of drug-likeness (QED) is 0.816. The van der Waals surface area contributed by atoms with Gasteiger partial charge in [0.2, 0.25) is 0 Å². The largest absolute Gasteiger partial charge is 0.493 e. The number of carbonyl (C=O) groups excluding carboxylic acids is 2. The molecule has 116 valence electrons. The van der Waals surface area contributed by atoms with E-state index in [1.165, 1.54) is 32.2 Å². The molecule has 21 heavy (non-hydrogen) atoms. The summed E-state index contributed by atoms with van der Waals surface area (Å²) in [6.45, 7) is -0.125. The molecule has 0 spiro atoms. The monoisotopic (exact) mass is 305 g/mol. The molecule has 0 aromatic heterocycles. The molecule has 1 atom stereocenters. The minimum absolute atomic E-state index is 0.151. The Morgan fingerprint density at radius 3 is 2.57 bits per heavy atom. The van der Waals surface area contributed by atoms with Crippen LogP contribution in [0.25, 0.3) is 0 Å². The molecule has 0 aliphatic heterocycles. The number of methoxy groups -OCH3 is 1. The molecule has 8 heteroatoms. The number of aldehydes is 1. The molecule has 0 saturated heterocycles. The fourth-order valence-electron chi connectivity index (χ4n) is 1.43. The maximum absolute atomic E-state index is 12.0. The van der Waals surface area contributed by atoms with Crippen molar-refractivity contribution in [3.63, 3.8) is 0 Å². The summed E-state index contributed by atoms with van der Waals surface area (Å²) in [6.07, 6.45) is -5.03. The molecule has 0 aliphatic carbocycles. The summed E-state index contributed by atoms with van der Waals surface area (Å²) in [7, 11) is 1.34. The molecule has 5 nitrogen and oxygen atoms in total. The van der Waals surface area contributed by atoms with Crippen LogP contribution in [0.2, 0.25) is 0 Å². The number of rotatable bonds is 6. The van der Waals surface area contributed by atoms with E-state index in [-0.39, 0.29) is 11.5 Å². The Morgan fingerprint density at radius 2 is 2.05 bits per heavy atom. The fraction of sp³-hybridized carbons (Fsp3) is 0.385. The van der Waals surface area contributed by atoms with Crippen molar-refractivity contribution in [1.82, 2.24) is 5.32 Å². The molecule has 0 aliphatic rings. The van der Waals surface area contributed by atoms with Gasteiger partial charge in [0.25, 0.3) is 5.91 Å². The van der Waals surface area contributed by atoms with E-state index in [0.717, 1.165) is 0 Å². The minimum Gasteiger partial charge on any atom is -0.493 e. The van der Waals surface area contributed by atoms with Crippen LogP contribution < -0.4 is 14.8 Å². The third kappa shape index (κ3) is 5.33. The summed E-state index contributed by atoms with van der Waals surface area (Å²) in [5, 5.41) is 1.72. The SMILES string of the molecule is COc1cc(C=O)ccc1O[C@@H](C)C(=O)NCC(F)(F)F. The molecule has 0 radical (unpaired) electrons. The van der Waals surface area contributed by atoms with Gasteiger partial charge in [-0.25, -0.2) is 0 Å². The van der Waals surface area contributed by atoms with Crippen molar-refractivity contribution >= 4 is 12.2 Å². The van der Waals surface area contributed by atoms with Crippen molar-refractivity contribution < 1.29 is 32.2 Å². The molecule has 0 heterocycles. The van der Waals surface area contributed by atoms with Gasteiger partial charge in [-0.2, -0.15) is 13.2 Å².